The minimum atomic E-state index is -0.108. The largest absolute Gasteiger partial charge is 0.393 e. The topological polar surface area (TPSA) is 20.2 Å². The molecule has 2 unspecified atom stereocenters. The molecule has 2 atom stereocenters. The van der Waals surface area contributed by atoms with E-state index in [4.69, 9.17) is 5.11 Å². The Morgan fingerprint density at radius 2 is 1.58 bits per heavy atom. The maximum absolute atomic E-state index is 9.04. The first-order valence-corrected chi connectivity index (χ1v) is 5.34. The first kappa shape index (κ1) is 12.0. The zero-order valence-corrected chi connectivity index (χ0v) is 8.84. The second-order valence-electron chi connectivity index (χ2n) is 4.03. The van der Waals surface area contributed by atoms with Crippen molar-refractivity contribution in [3.63, 3.8) is 0 Å². The summed E-state index contributed by atoms with van der Waals surface area (Å²) >= 11 is 0. The molecule has 74 valence electrons. The van der Waals surface area contributed by atoms with Crippen LogP contribution < -0.4 is 0 Å². The van der Waals surface area contributed by atoms with Gasteiger partial charge >= 0.3 is 0 Å². The third-order valence-electron chi connectivity index (χ3n) is 2.37. The Hall–Kier alpha value is -0.0400. The average molecular weight is 172 g/mol. The maximum atomic E-state index is 9.04. The molecule has 0 spiro atoms. The van der Waals surface area contributed by atoms with Crippen molar-refractivity contribution in [2.45, 2.75) is 65.4 Å². The van der Waals surface area contributed by atoms with Crippen LogP contribution >= 0.6 is 0 Å². The smallest absolute Gasteiger partial charge is 0.0512 e. The minimum absolute atomic E-state index is 0.108. The molecule has 0 aromatic heterocycles. The normalized spacial score (nSPS) is 16.0. The standard InChI is InChI=1S/C11H24O/c1-4-5-7-10(2)8-6-9-11(3)12/h10-12H,4-9H2,1-3H3. The lowest BCUT2D eigenvalue weighted by atomic mass is 9.97. The van der Waals surface area contributed by atoms with E-state index in [1.807, 2.05) is 6.92 Å². The second kappa shape index (κ2) is 7.60. The molecule has 0 aliphatic rings. The third-order valence-corrected chi connectivity index (χ3v) is 2.37. The molecule has 0 radical (unpaired) electrons. The summed E-state index contributed by atoms with van der Waals surface area (Å²) in [5.41, 5.74) is 0. The highest BCUT2D eigenvalue weighted by atomic mass is 16.3. The van der Waals surface area contributed by atoms with Crippen molar-refractivity contribution in [1.82, 2.24) is 0 Å². The van der Waals surface area contributed by atoms with Gasteiger partial charge in [-0.1, -0.05) is 46.0 Å². The summed E-state index contributed by atoms with van der Waals surface area (Å²) in [6.07, 6.45) is 7.35. The molecular weight excluding hydrogens is 148 g/mol. The van der Waals surface area contributed by atoms with Gasteiger partial charge in [-0.3, -0.25) is 0 Å². The lowest BCUT2D eigenvalue weighted by Gasteiger charge is -2.10. The van der Waals surface area contributed by atoms with Gasteiger partial charge in [-0.15, -0.1) is 0 Å². The molecule has 0 amide bonds. The van der Waals surface area contributed by atoms with Crippen LogP contribution in [0.2, 0.25) is 0 Å². The van der Waals surface area contributed by atoms with E-state index < -0.39 is 0 Å². The third kappa shape index (κ3) is 8.06. The molecule has 0 aromatic rings. The van der Waals surface area contributed by atoms with Crippen molar-refractivity contribution in [2.24, 2.45) is 5.92 Å². The lowest BCUT2D eigenvalue weighted by Crippen LogP contribution is -2.01. The Kier molecular flexibility index (Phi) is 7.58. The highest BCUT2D eigenvalue weighted by Crippen LogP contribution is 2.15. The Balaban J connectivity index is 3.13. The van der Waals surface area contributed by atoms with Gasteiger partial charge in [0.05, 0.1) is 6.10 Å². The fraction of sp³-hybridized carbons (Fsp3) is 1.00. The Morgan fingerprint density at radius 1 is 1.00 bits per heavy atom. The molecule has 0 aliphatic heterocycles. The van der Waals surface area contributed by atoms with Gasteiger partial charge in [-0.25, -0.2) is 0 Å². The lowest BCUT2D eigenvalue weighted by molar-refractivity contribution is 0.178. The zero-order chi connectivity index (χ0) is 9.40. The van der Waals surface area contributed by atoms with E-state index in [1.165, 1.54) is 32.1 Å². The molecule has 0 saturated carbocycles. The molecule has 0 saturated heterocycles. The Morgan fingerprint density at radius 3 is 2.08 bits per heavy atom. The second-order valence-corrected chi connectivity index (χ2v) is 4.03. The van der Waals surface area contributed by atoms with Gasteiger partial charge in [-0.05, 0) is 19.3 Å². The molecule has 0 aromatic carbocycles. The maximum Gasteiger partial charge on any atom is 0.0512 e. The van der Waals surface area contributed by atoms with E-state index in [-0.39, 0.29) is 6.10 Å². The van der Waals surface area contributed by atoms with Crippen LogP contribution in [0.25, 0.3) is 0 Å². The van der Waals surface area contributed by atoms with Gasteiger partial charge in [0.15, 0.2) is 0 Å². The molecule has 0 aliphatic carbocycles. The molecule has 0 heterocycles. The zero-order valence-electron chi connectivity index (χ0n) is 8.84. The van der Waals surface area contributed by atoms with Crippen molar-refractivity contribution in [3.8, 4) is 0 Å². The summed E-state index contributed by atoms with van der Waals surface area (Å²) in [4.78, 5) is 0. The number of unbranched alkanes of at least 4 members (excludes halogenated alkanes) is 1. The molecule has 0 rings (SSSR count). The van der Waals surface area contributed by atoms with Crippen LogP contribution in [0.3, 0.4) is 0 Å². The van der Waals surface area contributed by atoms with Crippen molar-refractivity contribution in [3.05, 3.63) is 0 Å². The SMILES string of the molecule is CCCCC(C)CCCC(C)O. The molecule has 0 fully saturated rings. The number of rotatable bonds is 7. The van der Waals surface area contributed by atoms with Gasteiger partial charge in [0.25, 0.3) is 0 Å². The van der Waals surface area contributed by atoms with E-state index in [9.17, 15) is 0 Å². The first-order valence-electron chi connectivity index (χ1n) is 5.34. The Labute approximate surface area is 77.2 Å². The van der Waals surface area contributed by atoms with Crippen LogP contribution in [0.5, 0.6) is 0 Å². The fourth-order valence-corrected chi connectivity index (χ4v) is 1.46. The van der Waals surface area contributed by atoms with Crippen LogP contribution in [0, 0.1) is 5.92 Å². The van der Waals surface area contributed by atoms with Gasteiger partial charge in [0.2, 0.25) is 0 Å². The van der Waals surface area contributed by atoms with E-state index in [1.54, 1.807) is 0 Å². The minimum Gasteiger partial charge on any atom is -0.393 e. The van der Waals surface area contributed by atoms with Crippen molar-refractivity contribution >= 4 is 0 Å². The first-order chi connectivity index (χ1) is 5.66. The summed E-state index contributed by atoms with van der Waals surface area (Å²) in [6.45, 7) is 6.43. The Bertz CT molecular complexity index is 89.0. The van der Waals surface area contributed by atoms with Crippen molar-refractivity contribution in [2.75, 3.05) is 0 Å². The van der Waals surface area contributed by atoms with Crippen LogP contribution in [0.15, 0.2) is 0 Å². The summed E-state index contributed by atoms with van der Waals surface area (Å²) < 4.78 is 0. The number of hydrogen-bond donors (Lipinski definition) is 1. The van der Waals surface area contributed by atoms with Crippen molar-refractivity contribution < 1.29 is 5.11 Å². The summed E-state index contributed by atoms with van der Waals surface area (Å²) in [7, 11) is 0. The molecule has 1 N–H and O–H groups in total. The molecule has 1 heteroatoms. The van der Waals surface area contributed by atoms with Crippen LogP contribution in [0.4, 0.5) is 0 Å². The highest BCUT2D eigenvalue weighted by Gasteiger charge is 2.02. The predicted octanol–water partition coefficient (Wildman–Crippen LogP) is 3.36. The molecule has 1 nitrogen and oxygen atoms in total. The van der Waals surface area contributed by atoms with Gasteiger partial charge in [0.1, 0.15) is 0 Å². The van der Waals surface area contributed by atoms with Gasteiger partial charge in [-0.2, -0.15) is 0 Å². The summed E-state index contributed by atoms with van der Waals surface area (Å²) in [6, 6.07) is 0. The highest BCUT2D eigenvalue weighted by molar-refractivity contribution is 4.55. The van der Waals surface area contributed by atoms with Crippen molar-refractivity contribution in [1.29, 1.82) is 0 Å². The average Bonchev–Trinajstić information content (AvgIpc) is 2.00. The van der Waals surface area contributed by atoms with Crippen LogP contribution in [-0.4, -0.2) is 11.2 Å². The number of aliphatic hydroxyl groups excluding tert-OH is 1. The summed E-state index contributed by atoms with van der Waals surface area (Å²) in [5, 5.41) is 9.04. The number of hydrogen-bond acceptors (Lipinski definition) is 1. The predicted molar refractivity (Wildman–Crippen MR) is 54.2 cm³/mol. The van der Waals surface area contributed by atoms with E-state index >= 15 is 0 Å². The van der Waals surface area contributed by atoms with Crippen LogP contribution in [-0.2, 0) is 0 Å². The van der Waals surface area contributed by atoms with E-state index in [2.05, 4.69) is 13.8 Å². The fourth-order valence-electron chi connectivity index (χ4n) is 1.46. The monoisotopic (exact) mass is 172 g/mol. The van der Waals surface area contributed by atoms with Gasteiger partial charge < -0.3 is 5.11 Å². The number of aliphatic hydroxyl groups is 1. The van der Waals surface area contributed by atoms with Gasteiger partial charge in [0, 0.05) is 0 Å². The molecule has 12 heavy (non-hydrogen) atoms. The summed E-state index contributed by atoms with van der Waals surface area (Å²) in [5.74, 6) is 0.851. The van der Waals surface area contributed by atoms with E-state index in [0.29, 0.717) is 0 Å². The molecular formula is C11H24O. The van der Waals surface area contributed by atoms with E-state index in [0.717, 1.165) is 12.3 Å². The molecule has 0 bridgehead atoms. The quantitative estimate of drug-likeness (QED) is 0.624. The van der Waals surface area contributed by atoms with Crippen LogP contribution in [0.1, 0.15) is 59.3 Å².